The Morgan fingerprint density at radius 3 is 3.25 bits per heavy atom. The monoisotopic (exact) mass is 325 g/mol. The van der Waals surface area contributed by atoms with Gasteiger partial charge in [0.25, 0.3) is 5.91 Å². The van der Waals surface area contributed by atoms with Crippen LogP contribution in [0, 0.1) is 5.92 Å². The van der Waals surface area contributed by atoms with Gasteiger partial charge in [0.15, 0.2) is 5.76 Å². The Balaban J connectivity index is 1.42. The number of furan rings is 1. The normalized spacial score (nSPS) is 18.0. The Labute approximate surface area is 139 Å². The van der Waals surface area contributed by atoms with E-state index in [4.69, 9.17) is 4.42 Å². The summed E-state index contributed by atoms with van der Waals surface area (Å²) in [5.74, 6) is 1.55. The SMILES string of the molecule is O=C(NCC1CCCN(c2ncnc3[nH]ccc23)C1)c1ccco1. The van der Waals surface area contributed by atoms with E-state index in [9.17, 15) is 4.79 Å². The molecule has 3 aromatic heterocycles. The Morgan fingerprint density at radius 1 is 1.42 bits per heavy atom. The van der Waals surface area contributed by atoms with Crippen LogP contribution in [0.1, 0.15) is 23.4 Å². The van der Waals surface area contributed by atoms with E-state index in [1.165, 1.54) is 6.26 Å². The van der Waals surface area contributed by atoms with Crippen molar-refractivity contribution in [2.45, 2.75) is 12.8 Å². The fourth-order valence-corrected chi connectivity index (χ4v) is 3.27. The van der Waals surface area contributed by atoms with Crippen LogP contribution in [0.4, 0.5) is 5.82 Å². The number of H-pyrrole nitrogens is 1. The lowest BCUT2D eigenvalue weighted by Crippen LogP contribution is -2.41. The summed E-state index contributed by atoms with van der Waals surface area (Å²) < 4.78 is 5.12. The number of carbonyl (C=O) groups is 1. The summed E-state index contributed by atoms with van der Waals surface area (Å²) in [6, 6.07) is 5.40. The first-order valence-electron chi connectivity index (χ1n) is 8.16. The first kappa shape index (κ1) is 14.7. The Hall–Kier alpha value is -2.83. The molecule has 0 radical (unpaired) electrons. The molecular weight excluding hydrogens is 306 g/mol. The first-order valence-corrected chi connectivity index (χ1v) is 8.16. The number of anilines is 1. The maximum absolute atomic E-state index is 12.0. The van der Waals surface area contributed by atoms with E-state index >= 15 is 0 Å². The molecule has 0 saturated carbocycles. The van der Waals surface area contributed by atoms with Gasteiger partial charge in [-0.05, 0) is 37.0 Å². The molecule has 1 saturated heterocycles. The van der Waals surface area contributed by atoms with Gasteiger partial charge in [-0.1, -0.05) is 0 Å². The number of hydrogen-bond acceptors (Lipinski definition) is 5. The van der Waals surface area contributed by atoms with Gasteiger partial charge >= 0.3 is 0 Å². The number of carbonyl (C=O) groups excluding carboxylic acids is 1. The summed E-state index contributed by atoms with van der Waals surface area (Å²) >= 11 is 0. The zero-order valence-electron chi connectivity index (χ0n) is 13.2. The second-order valence-electron chi connectivity index (χ2n) is 6.08. The highest BCUT2D eigenvalue weighted by molar-refractivity contribution is 5.91. The van der Waals surface area contributed by atoms with Crippen molar-refractivity contribution in [1.29, 1.82) is 0 Å². The van der Waals surface area contributed by atoms with Crippen molar-refractivity contribution in [1.82, 2.24) is 20.3 Å². The van der Waals surface area contributed by atoms with Gasteiger partial charge in [0, 0.05) is 25.8 Å². The number of aromatic amines is 1. The van der Waals surface area contributed by atoms with Crippen molar-refractivity contribution in [2.24, 2.45) is 5.92 Å². The molecule has 1 fully saturated rings. The molecule has 1 amide bonds. The van der Waals surface area contributed by atoms with Crippen LogP contribution in [0.15, 0.2) is 41.4 Å². The second kappa shape index (κ2) is 6.35. The van der Waals surface area contributed by atoms with Crippen molar-refractivity contribution >= 4 is 22.8 Å². The third-order valence-electron chi connectivity index (χ3n) is 4.45. The lowest BCUT2D eigenvalue weighted by molar-refractivity contribution is 0.0918. The Morgan fingerprint density at radius 2 is 2.38 bits per heavy atom. The zero-order valence-corrected chi connectivity index (χ0v) is 13.2. The van der Waals surface area contributed by atoms with Gasteiger partial charge in [0.05, 0.1) is 11.6 Å². The predicted molar refractivity (Wildman–Crippen MR) is 89.9 cm³/mol. The molecule has 0 aromatic carbocycles. The van der Waals surface area contributed by atoms with E-state index in [1.54, 1.807) is 18.5 Å². The minimum Gasteiger partial charge on any atom is -0.459 e. The summed E-state index contributed by atoms with van der Waals surface area (Å²) in [4.78, 5) is 26.1. The van der Waals surface area contributed by atoms with Crippen LogP contribution in [-0.4, -0.2) is 40.5 Å². The van der Waals surface area contributed by atoms with Crippen LogP contribution in [0.5, 0.6) is 0 Å². The molecule has 0 spiro atoms. The van der Waals surface area contributed by atoms with Crippen molar-refractivity contribution in [2.75, 3.05) is 24.5 Å². The van der Waals surface area contributed by atoms with Crippen LogP contribution in [0.25, 0.3) is 11.0 Å². The maximum Gasteiger partial charge on any atom is 0.286 e. The van der Waals surface area contributed by atoms with E-state index in [2.05, 4.69) is 25.2 Å². The number of hydrogen-bond donors (Lipinski definition) is 2. The maximum atomic E-state index is 12.0. The average Bonchev–Trinajstić information content (AvgIpc) is 3.30. The molecule has 0 aliphatic carbocycles. The van der Waals surface area contributed by atoms with E-state index in [0.717, 1.165) is 42.8 Å². The lowest BCUT2D eigenvalue weighted by atomic mass is 9.97. The van der Waals surface area contributed by atoms with Gasteiger partial charge in [0.2, 0.25) is 0 Å². The molecule has 1 atom stereocenters. The molecule has 1 aliphatic heterocycles. The molecule has 4 rings (SSSR count). The smallest absolute Gasteiger partial charge is 0.286 e. The van der Waals surface area contributed by atoms with Crippen LogP contribution < -0.4 is 10.2 Å². The minimum atomic E-state index is -0.160. The number of nitrogens with zero attached hydrogens (tertiary/aromatic N) is 3. The number of rotatable bonds is 4. The second-order valence-corrected chi connectivity index (χ2v) is 6.08. The number of amides is 1. The fourth-order valence-electron chi connectivity index (χ4n) is 3.27. The highest BCUT2D eigenvalue weighted by Crippen LogP contribution is 2.26. The number of nitrogens with one attached hydrogen (secondary N) is 2. The van der Waals surface area contributed by atoms with E-state index in [1.807, 2.05) is 12.3 Å². The third-order valence-corrected chi connectivity index (χ3v) is 4.45. The Kier molecular flexibility index (Phi) is 3.90. The van der Waals surface area contributed by atoms with Crippen molar-refractivity contribution in [3.05, 3.63) is 42.7 Å². The number of piperidine rings is 1. The lowest BCUT2D eigenvalue weighted by Gasteiger charge is -2.33. The molecule has 1 unspecified atom stereocenters. The number of aromatic nitrogens is 3. The summed E-state index contributed by atoms with van der Waals surface area (Å²) in [7, 11) is 0. The van der Waals surface area contributed by atoms with Gasteiger partial charge in [0.1, 0.15) is 17.8 Å². The fraction of sp³-hybridized carbons (Fsp3) is 0.353. The van der Waals surface area contributed by atoms with Crippen LogP contribution in [-0.2, 0) is 0 Å². The molecule has 2 N–H and O–H groups in total. The quantitative estimate of drug-likeness (QED) is 0.768. The van der Waals surface area contributed by atoms with E-state index < -0.39 is 0 Å². The Bertz CT molecular complexity index is 827. The highest BCUT2D eigenvalue weighted by atomic mass is 16.3. The van der Waals surface area contributed by atoms with Crippen LogP contribution in [0.3, 0.4) is 0 Å². The third kappa shape index (κ3) is 2.84. The number of fused-ring (bicyclic) bond motifs is 1. The highest BCUT2D eigenvalue weighted by Gasteiger charge is 2.23. The first-order chi connectivity index (χ1) is 11.8. The summed E-state index contributed by atoms with van der Waals surface area (Å²) in [6.07, 6.45) is 7.16. The van der Waals surface area contributed by atoms with Crippen LogP contribution in [0.2, 0.25) is 0 Å². The molecule has 124 valence electrons. The van der Waals surface area contributed by atoms with Crippen molar-refractivity contribution in [3.8, 4) is 0 Å². The van der Waals surface area contributed by atoms with Gasteiger partial charge in [-0.15, -0.1) is 0 Å². The van der Waals surface area contributed by atoms with Gasteiger partial charge in [-0.3, -0.25) is 4.79 Å². The summed E-state index contributed by atoms with van der Waals surface area (Å²) in [5, 5.41) is 4.00. The molecule has 1 aliphatic rings. The molecule has 4 heterocycles. The van der Waals surface area contributed by atoms with Gasteiger partial charge in [-0.2, -0.15) is 0 Å². The summed E-state index contributed by atoms with van der Waals surface area (Å²) in [6.45, 7) is 2.48. The largest absolute Gasteiger partial charge is 0.459 e. The van der Waals surface area contributed by atoms with Crippen molar-refractivity contribution in [3.63, 3.8) is 0 Å². The minimum absolute atomic E-state index is 0.160. The molecular formula is C17H19N5O2. The predicted octanol–water partition coefficient (Wildman–Crippen LogP) is 2.20. The van der Waals surface area contributed by atoms with Crippen molar-refractivity contribution < 1.29 is 9.21 Å². The molecule has 3 aromatic rings. The standard InChI is InChI=1S/C17H19N5O2/c23-17(14-4-2-8-24-14)19-9-12-3-1-7-22(10-12)16-13-5-6-18-15(13)20-11-21-16/h2,4-6,8,11-12H,1,3,7,9-10H2,(H,19,23)(H,18,20,21). The zero-order chi connectivity index (χ0) is 16.4. The van der Waals surface area contributed by atoms with E-state index in [0.29, 0.717) is 18.2 Å². The topological polar surface area (TPSA) is 87.0 Å². The summed E-state index contributed by atoms with van der Waals surface area (Å²) in [5.41, 5.74) is 0.855. The molecule has 24 heavy (non-hydrogen) atoms. The average molecular weight is 325 g/mol. The van der Waals surface area contributed by atoms with Crippen LogP contribution >= 0.6 is 0 Å². The molecule has 7 heteroatoms. The van der Waals surface area contributed by atoms with E-state index in [-0.39, 0.29) is 5.91 Å². The van der Waals surface area contributed by atoms with Gasteiger partial charge in [-0.25, -0.2) is 9.97 Å². The molecule has 7 nitrogen and oxygen atoms in total. The molecule has 0 bridgehead atoms. The van der Waals surface area contributed by atoms with Gasteiger partial charge < -0.3 is 19.6 Å².